The van der Waals surface area contributed by atoms with E-state index in [1.807, 2.05) is 20.8 Å². The molecule has 1 atom stereocenters. The molecule has 0 saturated carbocycles. The normalized spacial score (nSPS) is 16.6. The van der Waals surface area contributed by atoms with Crippen LogP contribution in [0.25, 0.3) is 0 Å². The number of aromatic nitrogens is 1. The first-order chi connectivity index (χ1) is 14.4. The summed E-state index contributed by atoms with van der Waals surface area (Å²) in [6, 6.07) is 3.81. The first-order valence-corrected chi connectivity index (χ1v) is 11.5. The van der Waals surface area contributed by atoms with Gasteiger partial charge in [0, 0.05) is 25.0 Å². The maximum absolute atomic E-state index is 13.5. The van der Waals surface area contributed by atoms with Crippen LogP contribution in [-0.4, -0.2) is 42.0 Å². The average molecular weight is 564 g/mol. The minimum absolute atomic E-state index is 0. The van der Waals surface area contributed by atoms with Gasteiger partial charge in [-0.05, 0) is 70.3 Å². The van der Waals surface area contributed by atoms with Crippen LogP contribution in [-0.2, 0) is 6.54 Å². The number of aryl methyl sites for hydroxylation is 1. The molecule has 3 rings (SSSR count). The number of thiazole rings is 1. The van der Waals surface area contributed by atoms with Gasteiger partial charge in [-0.15, -0.1) is 35.3 Å². The van der Waals surface area contributed by atoms with Gasteiger partial charge < -0.3 is 10.6 Å². The molecule has 0 aliphatic carbocycles. The van der Waals surface area contributed by atoms with Gasteiger partial charge in [-0.3, -0.25) is 9.89 Å². The Kier molecular flexibility index (Phi) is 10.6. The van der Waals surface area contributed by atoms with Gasteiger partial charge in [0.15, 0.2) is 17.6 Å². The van der Waals surface area contributed by atoms with Crippen LogP contribution < -0.4 is 10.6 Å². The van der Waals surface area contributed by atoms with Crippen molar-refractivity contribution in [1.82, 2.24) is 20.5 Å². The zero-order valence-corrected chi connectivity index (χ0v) is 21.5. The summed E-state index contributed by atoms with van der Waals surface area (Å²) in [6.07, 6.45) is 2.23. The average Bonchev–Trinajstić information content (AvgIpc) is 3.14. The van der Waals surface area contributed by atoms with Gasteiger partial charge in [-0.25, -0.2) is 13.8 Å². The van der Waals surface area contributed by atoms with Crippen LogP contribution in [0.5, 0.6) is 0 Å². The first-order valence-electron chi connectivity index (χ1n) is 10.6. The predicted octanol–water partition coefficient (Wildman–Crippen LogP) is 4.88. The monoisotopic (exact) mass is 563 g/mol. The summed E-state index contributed by atoms with van der Waals surface area (Å²) >= 11 is 1.71. The molecule has 2 aromatic rings. The molecule has 9 heteroatoms. The molecule has 1 saturated heterocycles. The van der Waals surface area contributed by atoms with Crippen molar-refractivity contribution in [1.29, 1.82) is 0 Å². The molecular formula is C22H32F2IN5S. The molecule has 0 spiro atoms. The maximum atomic E-state index is 13.5. The highest BCUT2D eigenvalue weighted by Crippen LogP contribution is 2.20. The summed E-state index contributed by atoms with van der Waals surface area (Å²) in [6.45, 7) is 10.5. The third kappa shape index (κ3) is 7.94. The van der Waals surface area contributed by atoms with E-state index in [2.05, 4.69) is 25.9 Å². The lowest BCUT2D eigenvalue weighted by atomic mass is 9.97. The molecule has 1 aromatic carbocycles. The van der Waals surface area contributed by atoms with E-state index in [-0.39, 0.29) is 30.0 Å². The minimum Gasteiger partial charge on any atom is -0.357 e. The van der Waals surface area contributed by atoms with Crippen LogP contribution in [0.4, 0.5) is 8.78 Å². The first kappa shape index (κ1) is 25.9. The second-order valence-corrected chi connectivity index (χ2v) is 8.90. The zero-order chi connectivity index (χ0) is 21.5. The van der Waals surface area contributed by atoms with Crippen molar-refractivity contribution in [3.8, 4) is 0 Å². The molecule has 1 fully saturated rings. The summed E-state index contributed by atoms with van der Waals surface area (Å²) in [5.41, 5.74) is 1.85. The van der Waals surface area contributed by atoms with Crippen molar-refractivity contribution in [3.63, 3.8) is 0 Å². The summed E-state index contributed by atoms with van der Waals surface area (Å²) in [5.74, 6) is -0.409. The molecule has 1 aliphatic heterocycles. The minimum atomic E-state index is -0.831. The number of nitrogens with zero attached hydrogens (tertiary/aromatic N) is 3. The van der Waals surface area contributed by atoms with E-state index >= 15 is 0 Å². The summed E-state index contributed by atoms with van der Waals surface area (Å²) < 4.78 is 26.7. The Morgan fingerprint density at radius 3 is 2.65 bits per heavy atom. The molecule has 2 N–H and O–H groups in total. The van der Waals surface area contributed by atoms with Gasteiger partial charge in [0.1, 0.15) is 0 Å². The van der Waals surface area contributed by atoms with E-state index in [1.54, 1.807) is 17.4 Å². The van der Waals surface area contributed by atoms with Gasteiger partial charge in [0.05, 0.1) is 16.7 Å². The van der Waals surface area contributed by atoms with Gasteiger partial charge in [0.2, 0.25) is 0 Å². The number of piperidine rings is 1. The van der Waals surface area contributed by atoms with Gasteiger partial charge in [-0.2, -0.15) is 0 Å². The molecule has 0 radical (unpaired) electrons. The number of benzene rings is 1. The molecule has 1 aliphatic rings. The van der Waals surface area contributed by atoms with Gasteiger partial charge in [0.25, 0.3) is 0 Å². The Balaban J connectivity index is 0.00000341. The zero-order valence-electron chi connectivity index (χ0n) is 18.3. The summed E-state index contributed by atoms with van der Waals surface area (Å²) in [7, 11) is 0. The van der Waals surface area contributed by atoms with Crippen LogP contribution in [0.2, 0.25) is 0 Å². The fraction of sp³-hybridized carbons (Fsp3) is 0.545. The Morgan fingerprint density at radius 1 is 1.29 bits per heavy atom. The molecule has 1 aromatic heterocycles. The smallest absolute Gasteiger partial charge is 0.191 e. The number of hydrogen-bond acceptors (Lipinski definition) is 4. The third-order valence-corrected chi connectivity index (χ3v) is 6.23. The van der Waals surface area contributed by atoms with Gasteiger partial charge >= 0.3 is 0 Å². The Labute approximate surface area is 204 Å². The topological polar surface area (TPSA) is 52.6 Å². The standard InChI is InChI=1S/C22H31F2N5S.HI/c1-4-25-22(27-15(2)18-5-6-20(23)21(24)11-18)26-12-17-7-9-29(10-8-17)13-19-14-30-16(3)28-19;/h5-6,11,14-15,17H,4,7-10,12-13H2,1-3H3,(H2,25,26,27);1H. The maximum Gasteiger partial charge on any atom is 0.191 e. The molecule has 0 amide bonds. The number of nitrogens with one attached hydrogen (secondary N) is 2. The fourth-order valence-corrected chi connectivity index (χ4v) is 4.25. The van der Waals surface area contributed by atoms with Crippen molar-refractivity contribution in [2.45, 2.75) is 46.2 Å². The molecule has 5 nitrogen and oxygen atoms in total. The van der Waals surface area contributed by atoms with Crippen LogP contribution in [0.1, 0.15) is 49.0 Å². The lowest BCUT2D eigenvalue weighted by molar-refractivity contribution is 0.179. The number of aliphatic imine (C=N–C) groups is 1. The SMILES string of the molecule is CCNC(=NCC1CCN(Cc2csc(C)n2)CC1)NC(C)c1ccc(F)c(F)c1.I. The van der Waals surface area contributed by atoms with Crippen molar-refractivity contribution in [2.24, 2.45) is 10.9 Å². The Bertz CT molecular complexity index is 852. The van der Waals surface area contributed by atoms with Gasteiger partial charge in [-0.1, -0.05) is 6.07 Å². The van der Waals surface area contributed by atoms with Crippen molar-refractivity contribution in [3.05, 3.63) is 51.5 Å². The Morgan fingerprint density at radius 2 is 2.03 bits per heavy atom. The molecule has 2 heterocycles. The molecule has 31 heavy (non-hydrogen) atoms. The van der Waals surface area contributed by atoms with E-state index in [9.17, 15) is 8.78 Å². The number of guanidine groups is 1. The summed E-state index contributed by atoms with van der Waals surface area (Å²) in [4.78, 5) is 11.8. The number of hydrogen-bond donors (Lipinski definition) is 2. The van der Waals surface area contributed by atoms with E-state index in [1.165, 1.54) is 11.8 Å². The number of likely N-dealkylation sites (tertiary alicyclic amines) is 1. The second-order valence-electron chi connectivity index (χ2n) is 7.84. The van der Waals surface area contributed by atoms with Crippen LogP contribution in [0.15, 0.2) is 28.6 Å². The highest BCUT2D eigenvalue weighted by atomic mass is 127. The highest BCUT2D eigenvalue weighted by Gasteiger charge is 2.20. The molecule has 0 bridgehead atoms. The molecular weight excluding hydrogens is 531 g/mol. The molecule has 1 unspecified atom stereocenters. The van der Waals surface area contributed by atoms with E-state index in [0.29, 0.717) is 17.4 Å². The Hall–Kier alpha value is -1.33. The fourth-order valence-electron chi connectivity index (χ4n) is 3.65. The quantitative estimate of drug-likeness (QED) is 0.287. The van der Waals surface area contributed by atoms with Crippen LogP contribution >= 0.6 is 35.3 Å². The predicted molar refractivity (Wildman–Crippen MR) is 134 cm³/mol. The summed E-state index contributed by atoms with van der Waals surface area (Å²) in [5, 5.41) is 9.81. The van der Waals surface area contributed by atoms with E-state index < -0.39 is 11.6 Å². The third-order valence-electron chi connectivity index (χ3n) is 5.41. The van der Waals surface area contributed by atoms with Crippen molar-refractivity contribution in [2.75, 3.05) is 26.2 Å². The lowest BCUT2D eigenvalue weighted by Crippen LogP contribution is -2.39. The van der Waals surface area contributed by atoms with Crippen molar-refractivity contribution < 1.29 is 8.78 Å². The molecule has 172 valence electrons. The lowest BCUT2D eigenvalue weighted by Gasteiger charge is -2.31. The number of rotatable bonds is 7. The number of halogens is 3. The second kappa shape index (κ2) is 12.6. The van der Waals surface area contributed by atoms with Crippen LogP contribution in [0, 0.1) is 24.5 Å². The highest BCUT2D eigenvalue weighted by molar-refractivity contribution is 14.0. The largest absolute Gasteiger partial charge is 0.357 e. The van der Waals surface area contributed by atoms with Crippen LogP contribution in [0.3, 0.4) is 0 Å². The van der Waals surface area contributed by atoms with Crippen molar-refractivity contribution >= 4 is 41.3 Å². The van der Waals surface area contributed by atoms with E-state index in [4.69, 9.17) is 4.99 Å². The van der Waals surface area contributed by atoms with E-state index in [0.717, 1.165) is 56.6 Å².